The van der Waals surface area contributed by atoms with E-state index in [9.17, 15) is 13.2 Å². The Balaban J connectivity index is 2.02. The van der Waals surface area contributed by atoms with E-state index in [1.165, 1.54) is 12.4 Å². The van der Waals surface area contributed by atoms with Crippen molar-refractivity contribution in [3.63, 3.8) is 0 Å². The van der Waals surface area contributed by atoms with Crippen LogP contribution in [0.5, 0.6) is 11.6 Å². The van der Waals surface area contributed by atoms with E-state index in [0.29, 0.717) is 11.4 Å². The van der Waals surface area contributed by atoms with Gasteiger partial charge in [0.15, 0.2) is 5.69 Å². The third-order valence-electron chi connectivity index (χ3n) is 2.74. The summed E-state index contributed by atoms with van der Waals surface area (Å²) in [5.74, 6) is 0.449. The van der Waals surface area contributed by atoms with Crippen LogP contribution in [0.15, 0.2) is 42.7 Å². The molecular weight excluding hydrogens is 285 g/mol. The van der Waals surface area contributed by atoms with Crippen LogP contribution in [0.3, 0.4) is 0 Å². The Labute approximate surface area is 116 Å². The molecule has 0 atom stereocenters. The molecule has 1 aromatic carbocycles. The highest BCUT2D eigenvalue weighted by atomic mass is 19.4. The third kappa shape index (κ3) is 2.60. The molecule has 0 aliphatic carbocycles. The summed E-state index contributed by atoms with van der Waals surface area (Å²) in [6.07, 6.45) is -1.89. The summed E-state index contributed by atoms with van der Waals surface area (Å²) in [5, 5.41) is 3.45. The number of hydrogen-bond acceptors (Lipinski definition) is 4. The van der Waals surface area contributed by atoms with Gasteiger partial charge in [0.2, 0.25) is 5.88 Å². The first kappa shape index (κ1) is 13.2. The SMILES string of the molecule is Nc1ccc(Oc2nccn3nc(C(F)(F)F)cc23)cc1. The van der Waals surface area contributed by atoms with E-state index in [0.717, 1.165) is 10.6 Å². The van der Waals surface area contributed by atoms with E-state index in [1.807, 2.05) is 0 Å². The number of ether oxygens (including phenoxy) is 1. The summed E-state index contributed by atoms with van der Waals surface area (Å²) < 4.78 is 44.6. The Morgan fingerprint density at radius 1 is 1.14 bits per heavy atom. The van der Waals surface area contributed by atoms with Gasteiger partial charge in [-0.15, -0.1) is 0 Å². The van der Waals surface area contributed by atoms with Gasteiger partial charge in [0.05, 0.1) is 0 Å². The van der Waals surface area contributed by atoms with Gasteiger partial charge in [-0.05, 0) is 24.3 Å². The summed E-state index contributed by atoms with van der Waals surface area (Å²) in [6, 6.07) is 7.32. The van der Waals surface area contributed by atoms with Crippen molar-refractivity contribution in [3.8, 4) is 11.6 Å². The van der Waals surface area contributed by atoms with Crippen LogP contribution in [-0.2, 0) is 6.18 Å². The lowest BCUT2D eigenvalue weighted by molar-refractivity contribution is -0.141. The lowest BCUT2D eigenvalue weighted by Gasteiger charge is -2.05. The molecular formula is C13H9F3N4O. The quantitative estimate of drug-likeness (QED) is 0.737. The second-order valence-electron chi connectivity index (χ2n) is 4.26. The summed E-state index contributed by atoms with van der Waals surface area (Å²) in [4.78, 5) is 3.94. The maximum atomic E-state index is 12.7. The molecule has 0 fully saturated rings. The highest BCUT2D eigenvalue weighted by Gasteiger charge is 2.34. The largest absolute Gasteiger partial charge is 0.437 e. The molecule has 3 rings (SSSR count). The van der Waals surface area contributed by atoms with Crippen LogP contribution in [-0.4, -0.2) is 14.6 Å². The third-order valence-corrected chi connectivity index (χ3v) is 2.74. The summed E-state index contributed by atoms with van der Waals surface area (Å²) >= 11 is 0. The normalized spacial score (nSPS) is 11.8. The molecule has 0 unspecified atom stereocenters. The number of alkyl halides is 3. The van der Waals surface area contributed by atoms with Crippen molar-refractivity contribution >= 4 is 11.2 Å². The van der Waals surface area contributed by atoms with Crippen molar-refractivity contribution in [2.75, 3.05) is 5.73 Å². The van der Waals surface area contributed by atoms with Gasteiger partial charge in [-0.2, -0.15) is 18.3 Å². The number of benzene rings is 1. The molecule has 5 nitrogen and oxygen atoms in total. The minimum atomic E-state index is -4.52. The summed E-state index contributed by atoms with van der Waals surface area (Å²) in [6.45, 7) is 0. The van der Waals surface area contributed by atoms with Crippen molar-refractivity contribution in [2.45, 2.75) is 6.18 Å². The van der Waals surface area contributed by atoms with Crippen molar-refractivity contribution < 1.29 is 17.9 Å². The molecule has 0 saturated carbocycles. The smallest absolute Gasteiger partial charge is 0.435 e. The molecule has 0 bridgehead atoms. The average molecular weight is 294 g/mol. The number of nitrogens with zero attached hydrogens (tertiary/aromatic N) is 3. The lowest BCUT2D eigenvalue weighted by Crippen LogP contribution is -2.05. The molecule has 0 spiro atoms. The van der Waals surface area contributed by atoms with Crippen molar-refractivity contribution in [1.29, 1.82) is 0 Å². The molecule has 108 valence electrons. The fourth-order valence-corrected chi connectivity index (χ4v) is 1.76. The zero-order valence-corrected chi connectivity index (χ0v) is 10.5. The average Bonchev–Trinajstić information content (AvgIpc) is 2.86. The Morgan fingerprint density at radius 3 is 2.52 bits per heavy atom. The standard InChI is InChI=1S/C13H9F3N4O/c14-13(15,16)11-7-10-12(18-5-6-20(10)19-11)21-9-3-1-8(17)2-4-9/h1-7H,17H2. The van der Waals surface area contributed by atoms with E-state index < -0.39 is 11.9 Å². The second-order valence-corrected chi connectivity index (χ2v) is 4.26. The van der Waals surface area contributed by atoms with Crippen LogP contribution in [0, 0.1) is 0 Å². The molecule has 0 radical (unpaired) electrons. The molecule has 0 amide bonds. The van der Waals surface area contributed by atoms with E-state index in [-0.39, 0.29) is 11.4 Å². The van der Waals surface area contributed by atoms with Gasteiger partial charge in [-0.1, -0.05) is 0 Å². The topological polar surface area (TPSA) is 65.4 Å². The number of anilines is 1. The van der Waals surface area contributed by atoms with Crippen molar-refractivity contribution in [3.05, 3.63) is 48.4 Å². The molecule has 3 aromatic rings. The van der Waals surface area contributed by atoms with Crippen LogP contribution in [0.25, 0.3) is 5.52 Å². The highest BCUT2D eigenvalue weighted by molar-refractivity contribution is 5.58. The monoisotopic (exact) mass is 294 g/mol. The first-order valence-electron chi connectivity index (χ1n) is 5.88. The van der Waals surface area contributed by atoms with E-state index >= 15 is 0 Å². The van der Waals surface area contributed by atoms with E-state index in [4.69, 9.17) is 10.5 Å². The number of aromatic nitrogens is 3. The maximum Gasteiger partial charge on any atom is 0.435 e. The minimum absolute atomic E-state index is 0.0327. The zero-order chi connectivity index (χ0) is 15.0. The van der Waals surface area contributed by atoms with Gasteiger partial charge in [0.1, 0.15) is 11.3 Å². The Morgan fingerprint density at radius 2 is 1.86 bits per heavy atom. The first-order valence-corrected chi connectivity index (χ1v) is 5.88. The first-order chi connectivity index (χ1) is 9.93. The van der Waals surface area contributed by atoms with Crippen molar-refractivity contribution in [2.24, 2.45) is 0 Å². The number of fused-ring (bicyclic) bond motifs is 1. The minimum Gasteiger partial charge on any atom is -0.437 e. The van der Waals surface area contributed by atoms with Gasteiger partial charge in [-0.25, -0.2) is 9.50 Å². The van der Waals surface area contributed by atoms with Crippen LogP contribution in [0.2, 0.25) is 0 Å². The Kier molecular flexibility index (Phi) is 2.93. The molecule has 21 heavy (non-hydrogen) atoms. The van der Waals surface area contributed by atoms with Crippen molar-refractivity contribution in [1.82, 2.24) is 14.6 Å². The molecule has 2 N–H and O–H groups in total. The molecule has 2 heterocycles. The summed E-state index contributed by atoms with van der Waals surface area (Å²) in [5.41, 5.74) is 5.23. The van der Waals surface area contributed by atoms with Gasteiger partial charge >= 0.3 is 6.18 Å². The van der Waals surface area contributed by atoms with Crippen LogP contribution in [0.1, 0.15) is 5.69 Å². The Hall–Kier alpha value is -2.77. The van der Waals surface area contributed by atoms with E-state index in [1.54, 1.807) is 24.3 Å². The molecule has 2 aromatic heterocycles. The van der Waals surface area contributed by atoms with E-state index in [2.05, 4.69) is 10.1 Å². The molecule has 0 aliphatic heterocycles. The van der Waals surface area contributed by atoms with Gasteiger partial charge < -0.3 is 10.5 Å². The molecule has 0 aliphatic rings. The zero-order valence-electron chi connectivity index (χ0n) is 10.5. The fourth-order valence-electron chi connectivity index (χ4n) is 1.76. The lowest BCUT2D eigenvalue weighted by atomic mass is 10.3. The Bertz CT molecular complexity index is 780. The predicted octanol–water partition coefficient (Wildman–Crippen LogP) is 3.12. The number of halogens is 3. The summed E-state index contributed by atoms with van der Waals surface area (Å²) in [7, 11) is 0. The van der Waals surface area contributed by atoms with Crippen LogP contribution >= 0.6 is 0 Å². The second kappa shape index (κ2) is 4.65. The maximum absolute atomic E-state index is 12.7. The van der Waals surface area contributed by atoms with Crippen LogP contribution in [0.4, 0.5) is 18.9 Å². The fraction of sp³-hybridized carbons (Fsp3) is 0.0769. The van der Waals surface area contributed by atoms with Gasteiger partial charge in [0.25, 0.3) is 0 Å². The number of nitrogen functional groups attached to an aromatic ring is 1. The number of nitrogens with two attached hydrogens (primary N) is 1. The van der Waals surface area contributed by atoms with Gasteiger partial charge in [-0.3, -0.25) is 0 Å². The van der Waals surface area contributed by atoms with Crippen LogP contribution < -0.4 is 10.5 Å². The van der Waals surface area contributed by atoms with Gasteiger partial charge in [0, 0.05) is 24.1 Å². The number of hydrogen-bond donors (Lipinski definition) is 1. The highest BCUT2D eigenvalue weighted by Crippen LogP contribution is 2.31. The molecule has 8 heteroatoms. The molecule has 0 saturated heterocycles. The predicted molar refractivity (Wildman–Crippen MR) is 68.9 cm³/mol. The number of rotatable bonds is 2.